The number of hydrogen-bond acceptors (Lipinski definition) is 5. The van der Waals surface area contributed by atoms with E-state index in [1.165, 1.54) is 0 Å². The maximum Gasteiger partial charge on any atom is 0.410 e. The van der Waals surface area contributed by atoms with Gasteiger partial charge >= 0.3 is 6.09 Å². The summed E-state index contributed by atoms with van der Waals surface area (Å²) in [6, 6.07) is 0.469. The molecule has 0 spiro atoms. The number of likely N-dealkylation sites (tertiary alicyclic amines) is 1. The van der Waals surface area contributed by atoms with Crippen LogP contribution in [0.4, 0.5) is 4.79 Å². The zero-order valence-electron chi connectivity index (χ0n) is 18.0. The third kappa shape index (κ3) is 6.64. The number of carbonyl (C=O) groups is 2. The summed E-state index contributed by atoms with van der Waals surface area (Å²) in [4.78, 5) is 27.7. The fourth-order valence-electron chi connectivity index (χ4n) is 3.81. The normalized spacial score (nSPS) is 20.4. The summed E-state index contributed by atoms with van der Waals surface area (Å²) in [6.07, 6.45) is 1.81. The van der Waals surface area contributed by atoms with Crippen molar-refractivity contribution in [1.82, 2.24) is 19.8 Å². The summed E-state index contributed by atoms with van der Waals surface area (Å²) in [7, 11) is 0. The number of piperidine rings is 1. The maximum atomic E-state index is 12.3. The number of hydrazine groups is 1. The third-order valence-electron chi connectivity index (χ3n) is 5.15. The lowest BCUT2D eigenvalue weighted by Crippen LogP contribution is -2.60. The molecule has 7 nitrogen and oxygen atoms in total. The van der Waals surface area contributed by atoms with Crippen LogP contribution in [0.5, 0.6) is 0 Å². The fraction of sp³-hybridized carbons (Fsp3) is 0.900. The van der Waals surface area contributed by atoms with Crippen LogP contribution in [0, 0.1) is 5.92 Å². The number of hydrogen-bond donors (Lipinski definition) is 0. The molecule has 0 radical (unpaired) electrons. The number of ether oxygens (including phenoxy) is 1. The van der Waals surface area contributed by atoms with E-state index in [1.807, 2.05) is 30.6 Å². The highest BCUT2D eigenvalue weighted by molar-refractivity contribution is 5.73. The molecule has 2 heterocycles. The van der Waals surface area contributed by atoms with E-state index < -0.39 is 5.60 Å². The topological polar surface area (TPSA) is 56.3 Å². The molecule has 2 fully saturated rings. The lowest BCUT2D eigenvalue weighted by molar-refractivity contribution is -0.134. The first-order valence-electron chi connectivity index (χ1n) is 10.3. The first-order chi connectivity index (χ1) is 12.6. The van der Waals surface area contributed by atoms with Gasteiger partial charge in [-0.15, -0.1) is 0 Å². The van der Waals surface area contributed by atoms with Crippen molar-refractivity contribution in [3.63, 3.8) is 0 Å². The van der Waals surface area contributed by atoms with Gasteiger partial charge in [0.15, 0.2) is 0 Å². The van der Waals surface area contributed by atoms with Gasteiger partial charge in [0, 0.05) is 58.8 Å². The Morgan fingerprint density at radius 3 is 2.00 bits per heavy atom. The van der Waals surface area contributed by atoms with Crippen LogP contribution in [0.15, 0.2) is 0 Å². The van der Waals surface area contributed by atoms with Crippen LogP contribution in [0.3, 0.4) is 0 Å². The van der Waals surface area contributed by atoms with Crippen LogP contribution < -0.4 is 0 Å². The highest BCUT2D eigenvalue weighted by Gasteiger charge is 2.33. The number of carbonyl (C=O) groups excluding carboxylic acids is 2. The lowest BCUT2D eigenvalue weighted by Gasteiger charge is -2.47. The molecular formula is C20H38N4O3. The van der Waals surface area contributed by atoms with Gasteiger partial charge in [0.1, 0.15) is 5.60 Å². The maximum absolute atomic E-state index is 12.3. The summed E-state index contributed by atoms with van der Waals surface area (Å²) in [5, 5.41) is 4.92. The Balaban J connectivity index is 1.93. The minimum Gasteiger partial charge on any atom is -0.444 e. The Morgan fingerprint density at radius 1 is 1.00 bits per heavy atom. The van der Waals surface area contributed by atoms with Gasteiger partial charge in [-0.2, -0.15) is 0 Å². The van der Waals surface area contributed by atoms with E-state index in [0.29, 0.717) is 25.0 Å². The minimum atomic E-state index is -0.456. The lowest BCUT2D eigenvalue weighted by atomic mass is 10.0. The molecule has 0 aromatic carbocycles. The molecule has 0 saturated carbocycles. The quantitative estimate of drug-likeness (QED) is 0.747. The molecule has 0 atom stereocenters. The summed E-state index contributed by atoms with van der Waals surface area (Å²) in [6.45, 7) is 17.6. The molecular weight excluding hydrogens is 344 g/mol. The molecule has 2 aliphatic rings. The largest absolute Gasteiger partial charge is 0.444 e. The summed E-state index contributed by atoms with van der Waals surface area (Å²) in [5.74, 6) is 0.745. The van der Waals surface area contributed by atoms with Crippen LogP contribution in [0.1, 0.15) is 54.4 Å². The van der Waals surface area contributed by atoms with Crippen molar-refractivity contribution in [2.45, 2.75) is 66.0 Å². The van der Waals surface area contributed by atoms with Gasteiger partial charge < -0.3 is 14.5 Å². The molecule has 2 rings (SSSR count). The van der Waals surface area contributed by atoms with Crippen molar-refractivity contribution in [3.8, 4) is 0 Å². The molecule has 0 N–H and O–H groups in total. The molecule has 2 amide bonds. The predicted octanol–water partition coefficient (Wildman–Crippen LogP) is 2.42. The van der Waals surface area contributed by atoms with Crippen molar-refractivity contribution in [1.29, 1.82) is 0 Å². The fourth-order valence-corrected chi connectivity index (χ4v) is 3.81. The molecule has 27 heavy (non-hydrogen) atoms. The van der Waals surface area contributed by atoms with E-state index in [2.05, 4.69) is 23.9 Å². The number of piperazine rings is 1. The first-order valence-corrected chi connectivity index (χ1v) is 10.3. The van der Waals surface area contributed by atoms with Crippen LogP contribution in [0.2, 0.25) is 0 Å². The molecule has 0 unspecified atom stereocenters. The van der Waals surface area contributed by atoms with E-state index in [-0.39, 0.29) is 12.0 Å². The zero-order valence-corrected chi connectivity index (χ0v) is 18.0. The van der Waals surface area contributed by atoms with E-state index >= 15 is 0 Å². The smallest absolute Gasteiger partial charge is 0.410 e. The van der Waals surface area contributed by atoms with Gasteiger partial charge in [-0.25, -0.2) is 14.8 Å². The number of nitrogens with zero attached hydrogens (tertiary/aromatic N) is 4. The average molecular weight is 383 g/mol. The highest BCUT2D eigenvalue weighted by Crippen LogP contribution is 2.22. The SMILES string of the molecule is CC(=O)N1CCC(N(CC(C)C)N2CCN(C(=O)OC(C)(C)C)CC2)CC1. The van der Waals surface area contributed by atoms with Gasteiger partial charge in [0.2, 0.25) is 5.91 Å². The Bertz CT molecular complexity index is 502. The first kappa shape index (κ1) is 22.0. The third-order valence-corrected chi connectivity index (χ3v) is 5.15. The molecule has 0 aliphatic carbocycles. The Kier molecular flexibility index (Phi) is 7.51. The van der Waals surface area contributed by atoms with Crippen molar-refractivity contribution < 1.29 is 14.3 Å². The van der Waals surface area contributed by atoms with E-state index in [9.17, 15) is 9.59 Å². The van der Waals surface area contributed by atoms with Gasteiger partial charge in [0.25, 0.3) is 0 Å². The monoisotopic (exact) mass is 382 g/mol. The second-order valence-corrected chi connectivity index (χ2v) is 9.17. The van der Waals surface area contributed by atoms with E-state index in [1.54, 1.807) is 6.92 Å². The number of amides is 2. The average Bonchev–Trinajstić information content (AvgIpc) is 2.58. The van der Waals surface area contributed by atoms with Gasteiger partial charge in [-0.3, -0.25) is 4.79 Å². The Morgan fingerprint density at radius 2 is 1.56 bits per heavy atom. The van der Waals surface area contributed by atoms with Crippen molar-refractivity contribution in [2.75, 3.05) is 45.8 Å². The van der Waals surface area contributed by atoms with Gasteiger partial charge in [-0.05, 0) is 39.5 Å². The minimum absolute atomic E-state index is 0.176. The van der Waals surface area contributed by atoms with E-state index in [4.69, 9.17) is 4.74 Å². The second kappa shape index (κ2) is 9.24. The number of rotatable bonds is 4. The van der Waals surface area contributed by atoms with Crippen LogP contribution >= 0.6 is 0 Å². The highest BCUT2D eigenvalue weighted by atomic mass is 16.6. The second-order valence-electron chi connectivity index (χ2n) is 9.17. The molecule has 0 bridgehead atoms. The molecule has 0 aromatic rings. The molecule has 0 aromatic heterocycles. The molecule has 7 heteroatoms. The van der Waals surface area contributed by atoms with Crippen LogP contribution in [0.25, 0.3) is 0 Å². The summed E-state index contributed by atoms with van der Waals surface area (Å²) < 4.78 is 5.51. The predicted molar refractivity (Wildman–Crippen MR) is 106 cm³/mol. The van der Waals surface area contributed by atoms with E-state index in [0.717, 1.165) is 45.6 Å². The standard InChI is InChI=1S/C20H38N4O3/c1-16(2)15-24(18-7-9-21(10-8-18)17(3)25)23-13-11-22(12-14-23)19(26)27-20(4,5)6/h16,18H,7-15H2,1-6H3. The Labute approximate surface area is 164 Å². The van der Waals surface area contributed by atoms with Crippen molar-refractivity contribution in [2.24, 2.45) is 5.92 Å². The zero-order chi connectivity index (χ0) is 20.2. The van der Waals surface area contributed by atoms with Gasteiger partial charge in [0.05, 0.1) is 0 Å². The van der Waals surface area contributed by atoms with Crippen LogP contribution in [-0.2, 0) is 9.53 Å². The molecule has 2 aliphatic heterocycles. The Hall–Kier alpha value is -1.34. The van der Waals surface area contributed by atoms with Crippen molar-refractivity contribution in [3.05, 3.63) is 0 Å². The summed E-state index contributed by atoms with van der Waals surface area (Å²) >= 11 is 0. The molecule has 2 saturated heterocycles. The molecule has 156 valence electrons. The van der Waals surface area contributed by atoms with Crippen molar-refractivity contribution >= 4 is 12.0 Å². The van der Waals surface area contributed by atoms with Crippen LogP contribution in [-0.4, -0.2) is 89.3 Å². The van der Waals surface area contributed by atoms with Gasteiger partial charge in [-0.1, -0.05) is 13.8 Å². The summed E-state index contributed by atoms with van der Waals surface area (Å²) in [5.41, 5.74) is -0.456.